The van der Waals surface area contributed by atoms with Crippen LogP contribution in [0, 0.1) is 17.2 Å². The smallest absolute Gasteiger partial charge is 0.242 e. The van der Waals surface area contributed by atoms with Gasteiger partial charge in [0.25, 0.3) is 0 Å². The first kappa shape index (κ1) is 24.3. The lowest BCUT2D eigenvalue weighted by Crippen LogP contribution is -2.54. The number of hydrogen-bond acceptors (Lipinski definition) is 3. The number of nitrogens with one attached hydrogen (secondary N) is 2. The predicted molar refractivity (Wildman–Crippen MR) is 137 cm³/mol. The van der Waals surface area contributed by atoms with Crippen molar-refractivity contribution in [1.29, 1.82) is 5.26 Å². The van der Waals surface area contributed by atoms with Gasteiger partial charge in [-0.3, -0.25) is 4.79 Å². The minimum Gasteiger partial charge on any atom is -0.373 e. The van der Waals surface area contributed by atoms with Gasteiger partial charge in [0.1, 0.15) is 6.04 Å². The summed E-state index contributed by atoms with van der Waals surface area (Å²) in [6.45, 7) is 8.56. The maximum absolute atomic E-state index is 13.6. The molecule has 2 N–H and O–H groups in total. The number of nitrogens with zero attached hydrogens (tertiary/aromatic N) is 1. The summed E-state index contributed by atoms with van der Waals surface area (Å²) >= 11 is 0. The summed E-state index contributed by atoms with van der Waals surface area (Å²) < 4.78 is 0. The van der Waals surface area contributed by atoms with Crippen LogP contribution in [-0.4, -0.2) is 17.5 Å². The van der Waals surface area contributed by atoms with Crippen LogP contribution in [0.15, 0.2) is 66.7 Å². The Morgan fingerprint density at radius 1 is 0.939 bits per heavy atom. The molecule has 4 heteroatoms. The van der Waals surface area contributed by atoms with E-state index in [1.807, 2.05) is 54.6 Å². The molecule has 0 saturated heterocycles. The van der Waals surface area contributed by atoms with Gasteiger partial charge in [-0.15, -0.1) is 0 Å². The molecule has 3 aromatic carbocycles. The van der Waals surface area contributed by atoms with Crippen molar-refractivity contribution in [3.63, 3.8) is 0 Å². The molecule has 0 fully saturated rings. The third-order valence-electron chi connectivity index (χ3n) is 6.53. The van der Waals surface area contributed by atoms with E-state index >= 15 is 0 Å². The van der Waals surface area contributed by atoms with Crippen LogP contribution < -0.4 is 10.6 Å². The lowest BCUT2D eigenvalue weighted by molar-refractivity contribution is -0.124. The Kier molecular flexibility index (Phi) is 8.11. The highest BCUT2D eigenvalue weighted by molar-refractivity contribution is 5.99. The molecular weight excluding hydrogens is 406 g/mol. The number of benzene rings is 3. The second-order valence-corrected chi connectivity index (χ2v) is 9.28. The van der Waals surface area contributed by atoms with Gasteiger partial charge in [-0.05, 0) is 49.3 Å². The standard InChI is InChI=1S/C29H35N3O/c1-5-29(6-2,19-22-12-8-7-9-13-22)32-28(33)27(18-21(3)4)31-26-17-16-23(20-30)24-14-10-11-15-25(24)26/h7-17,21,27,31H,5-6,18-19H2,1-4H3,(H,32,33)/t27-/m0/s1. The van der Waals surface area contributed by atoms with Crippen LogP contribution in [0.3, 0.4) is 0 Å². The zero-order valence-corrected chi connectivity index (χ0v) is 20.2. The lowest BCUT2D eigenvalue weighted by Gasteiger charge is -2.35. The first-order valence-electron chi connectivity index (χ1n) is 12.0. The molecule has 3 aromatic rings. The van der Waals surface area contributed by atoms with E-state index in [9.17, 15) is 10.1 Å². The fourth-order valence-electron chi connectivity index (χ4n) is 4.47. The Bertz CT molecular complexity index is 1110. The minimum absolute atomic E-state index is 0.0248. The molecule has 33 heavy (non-hydrogen) atoms. The number of hydrogen-bond donors (Lipinski definition) is 2. The molecule has 0 heterocycles. The molecule has 3 rings (SSSR count). The molecule has 4 nitrogen and oxygen atoms in total. The zero-order valence-electron chi connectivity index (χ0n) is 20.2. The van der Waals surface area contributed by atoms with Crippen molar-refractivity contribution < 1.29 is 4.79 Å². The molecule has 1 atom stereocenters. The number of anilines is 1. The summed E-state index contributed by atoms with van der Waals surface area (Å²) in [5.41, 5.74) is 2.46. The van der Waals surface area contributed by atoms with E-state index in [4.69, 9.17) is 0 Å². The third-order valence-corrected chi connectivity index (χ3v) is 6.53. The third kappa shape index (κ3) is 5.93. The first-order chi connectivity index (χ1) is 15.9. The van der Waals surface area contributed by atoms with Gasteiger partial charge in [0, 0.05) is 22.0 Å². The minimum atomic E-state index is -0.366. The van der Waals surface area contributed by atoms with Gasteiger partial charge in [-0.25, -0.2) is 0 Å². The number of nitriles is 1. The topological polar surface area (TPSA) is 64.9 Å². The number of amides is 1. The normalized spacial score (nSPS) is 12.4. The Labute approximate surface area is 198 Å². The average Bonchev–Trinajstić information content (AvgIpc) is 2.83. The lowest BCUT2D eigenvalue weighted by atomic mass is 9.85. The largest absolute Gasteiger partial charge is 0.373 e. The molecule has 0 aliphatic carbocycles. The molecule has 0 aliphatic heterocycles. The van der Waals surface area contributed by atoms with Crippen molar-refractivity contribution in [2.45, 2.75) is 65.0 Å². The number of carbonyl (C=O) groups excluding carboxylic acids is 1. The van der Waals surface area contributed by atoms with Crippen LogP contribution >= 0.6 is 0 Å². The molecule has 0 unspecified atom stereocenters. The van der Waals surface area contributed by atoms with Crippen LogP contribution in [0.25, 0.3) is 10.8 Å². The Morgan fingerprint density at radius 2 is 1.58 bits per heavy atom. The molecule has 1 amide bonds. The van der Waals surface area contributed by atoms with Gasteiger partial charge < -0.3 is 10.6 Å². The fraction of sp³-hybridized carbons (Fsp3) is 0.379. The van der Waals surface area contributed by atoms with E-state index in [2.05, 4.69) is 56.5 Å². The maximum Gasteiger partial charge on any atom is 0.242 e. The molecule has 0 aliphatic rings. The van der Waals surface area contributed by atoms with E-state index in [1.54, 1.807) is 0 Å². The average molecular weight is 442 g/mol. The van der Waals surface area contributed by atoms with E-state index < -0.39 is 0 Å². The summed E-state index contributed by atoms with van der Waals surface area (Å²) in [4.78, 5) is 13.6. The van der Waals surface area contributed by atoms with Crippen LogP contribution in [-0.2, 0) is 11.2 Å². The summed E-state index contributed by atoms with van der Waals surface area (Å²) in [6, 6.07) is 23.9. The van der Waals surface area contributed by atoms with Crippen molar-refractivity contribution in [3.05, 3.63) is 77.9 Å². The highest BCUT2D eigenvalue weighted by Crippen LogP contribution is 2.28. The van der Waals surface area contributed by atoms with Gasteiger partial charge in [0.05, 0.1) is 11.6 Å². The number of rotatable bonds is 10. The molecule has 0 aromatic heterocycles. The Hall–Kier alpha value is -3.32. The van der Waals surface area contributed by atoms with E-state index in [0.717, 1.165) is 42.1 Å². The summed E-state index contributed by atoms with van der Waals surface area (Å²) in [5.74, 6) is 0.376. The fourth-order valence-corrected chi connectivity index (χ4v) is 4.47. The van der Waals surface area contributed by atoms with E-state index in [0.29, 0.717) is 11.5 Å². The van der Waals surface area contributed by atoms with Crippen LogP contribution in [0.1, 0.15) is 58.1 Å². The molecule has 0 spiro atoms. The molecule has 0 radical (unpaired) electrons. The Balaban J connectivity index is 1.89. The predicted octanol–water partition coefficient (Wildman–Crippen LogP) is 6.46. The Morgan fingerprint density at radius 3 is 2.18 bits per heavy atom. The van der Waals surface area contributed by atoms with Crippen molar-refractivity contribution in [3.8, 4) is 6.07 Å². The van der Waals surface area contributed by atoms with Crippen LogP contribution in [0.4, 0.5) is 5.69 Å². The molecular formula is C29H35N3O. The van der Waals surface area contributed by atoms with E-state index in [1.165, 1.54) is 5.56 Å². The van der Waals surface area contributed by atoms with Crippen molar-refractivity contribution in [1.82, 2.24) is 5.32 Å². The number of fused-ring (bicyclic) bond motifs is 1. The summed E-state index contributed by atoms with van der Waals surface area (Å²) in [6.07, 6.45) is 3.24. The molecule has 0 bridgehead atoms. The van der Waals surface area contributed by atoms with Crippen molar-refractivity contribution in [2.24, 2.45) is 5.92 Å². The first-order valence-corrected chi connectivity index (χ1v) is 12.0. The maximum atomic E-state index is 13.6. The highest BCUT2D eigenvalue weighted by atomic mass is 16.2. The van der Waals surface area contributed by atoms with Gasteiger partial charge in [-0.1, -0.05) is 82.3 Å². The van der Waals surface area contributed by atoms with Gasteiger partial charge in [0.15, 0.2) is 0 Å². The SMILES string of the molecule is CCC(CC)(Cc1ccccc1)NC(=O)[C@H](CC(C)C)Nc1ccc(C#N)c2ccccc12. The quantitative estimate of drug-likeness (QED) is 0.380. The molecule has 172 valence electrons. The van der Waals surface area contributed by atoms with E-state index in [-0.39, 0.29) is 17.5 Å². The van der Waals surface area contributed by atoms with Crippen molar-refractivity contribution in [2.75, 3.05) is 5.32 Å². The van der Waals surface area contributed by atoms with Gasteiger partial charge in [-0.2, -0.15) is 5.26 Å². The summed E-state index contributed by atoms with van der Waals surface area (Å²) in [5, 5.41) is 18.3. The van der Waals surface area contributed by atoms with Gasteiger partial charge in [0.2, 0.25) is 5.91 Å². The second-order valence-electron chi connectivity index (χ2n) is 9.28. The van der Waals surface area contributed by atoms with Crippen molar-refractivity contribution >= 4 is 22.4 Å². The number of carbonyl (C=O) groups is 1. The zero-order chi connectivity index (χ0) is 23.8. The highest BCUT2D eigenvalue weighted by Gasteiger charge is 2.32. The van der Waals surface area contributed by atoms with Gasteiger partial charge >= 0.3 is 0 Å². The van der Waals surface area contributed by atoms with Crippen LogP contribution in [0.5, 0.6) is 0 Å². The molecule has 0 saturated carbocycles. The van der Waals surface area contributed by atoms with Crippen LogP contribution in [0.2, 0.25) is 0 Å². The monoisotopic (exact) mass is 441 g/mol. The summed E-state index contributed by atoms with van der Waals surface area (Å²) in [7, 11) is 0. The second kappa shape index (κ2) is 11.0.